The van der Waals surface area contributed by atoms with E-state index in [-0.39, 0.29) is 30.5 Å². The minimum Gasteiger partial charge on any atom is -0.489 e. The van der Waals surface area contributed by atoms with E-state index in [4.69, 9.17) is 37.5 Å². The highest BCUT2D eigenvalue weighted by Gasteiger charge is 2.45. The number of amides is 2. The molecule has 1 aromatic carbocycles. The molecule has 2 atom stereocenters. The molecular formula is C36H41ClN6O4. The molecule has 4 aliphatic rings. The van der Waals surface area contributed by atoms with Crippen molar-refractivity contribution in [2.45, 2.75) is 88.7 Å². The normalized spacial score (nSPS) is 21.0. The minimum absolute atomic E-state index is 0.0916. The summed E-state index contributed by atoms with van der Waals surface area (Å²) in [5.74, 6) is 0.600. The van der Waals surface area contributed by atoms with Gasteiger partial charge >= 0.3 is 0 Å². The quantitative estimate of drug-likeness (QED) is 0.167. The SMILES string of the molecule is CC(C)c1nccc(-c2nc([C@@H](CNC(=O)c3cc(C=NC4CC4)c(N)c(OC4CC4)c3)C3CC3)cc3c2OC[C@]3(C)C(N)=O)c1Cl. The van der Waals surface area contributed by atoms with Crippen molar-refractivity contribution < 1.29 is 19.1 Å². The third kappa shape index (κ3) is 6.27. The Morgan fingerprint density at radius 1 is 1.19 bits per heavy atom. The van der Waals surface area contributed by atoms with Gasteiger partial charge in [0.15, 0.2) is 0 Å². The van der Waals surface area contributed by atoms with E-state index in [0.717, 1.165) is 49.9 Å². The number of ether oxygens (including phenoxy) is 2. The summed E-state index contributed by atoms with van der Waals surface area (Å²) >= 11 is 6.93. The van der Waals surface area contributed by atoms with E-state index in [1.807, 2.05) is 26.0 Å². The lowest BCUT2D eigenvalue weighted by molar-refractivity contribution is -0.123. The monoisotopic (exact) mass is 656 g/mol. The molecule has 0 unspecified atom stereocenters. The van der Waals surface area contributed by atoms with Gasteiger partial charge in [0, 0.05) is 52.8 Å². The molecule has 3 aromatic rings. The number of nitrogen functional groups attached to an aromatic ring is 1. The van der Waals surface area contributed by atoms with Gasteiger partial charge in [-0.2, -0.15) is 0 Å². The first kappa shape index (κ1) is 31.4. The summed E-state index contributed by atoms with van der Waals surface area (Å²) in [6, 6.07) is 7.58. The molecule has 2 aromatic heterocycles. The van der Waals surface area contributed by atoms with E-state index in [1.165, 1.54) is 0 Å². The second-order valence-electron chi connectivity index (χ2n) is 13.9. The lowest BCUT2D eigenvalue weighted by Crippen LogP contribution is -2.40. The molecule has 3 fully saturated rings. The summed E-state index contributed by atoms with van der Waals surface area (Å²) in [4.78, 5) is 40.8. The molecule has 5 N–H and O–H groups in total. The van der Waals surface area contributed by atoms with Crippen molar-refractivity contribution in [3.05, 3.63) is 63.6 Å². The fraction of sp³-hybridized carbons (Fsp3) is 0.472. The van der Waals surface area contributed by atoms with Crippen LogP contribution in [-0.2, 0) is 10.2 Å². The first-order valence-corrected chi connectivity index (χ1v) is 17.0. The Labute approximate surface area is 279 Å². The Hall–Kier alpha value is -4.18. The zero-order valence-electron chi connectivity index (χ0n) is 27.0. The molecule has 3 heterocycles. The number of nitrogens with two attached hydrogens (primary N) is 2. The highest BCUT2D eigenvalue weighted by molar-refractivity contribution is 6.34. The van der Waals surface area contributed by atoms with Crippen molar-refractivity contribution >= 4 is 35.3 Å². The number of aromatic nitrogens is 2. The van der Waals surface area contributed by atoms with Crippen LogP contribution in [0.3, 0.4) is 0 Å². The van der Waals surface area contributed by atoms with Crippen LogP contribution in [0.2, 0.25) is 5.02 Å². The van der Waals surface area contributed by atoms with E-state index < -0.39 is 11.3 Å². The Kier molecular flexibility index (Phi) is 8.10. The van der Waals surface area contributed by atoms with E-state index >= 15 is 0 Å². The van der Waals surface area contributed by atoms with Crippen molar-refractivity contribution in [1.29, 1.82) is 0 Å². The molecule has 3 saturated carbocycles. The molecule has 11 heteroatoms. The van der Waals surface area contributed by atoms with Gasteiger partial charge in [-0.15, -0.1) is 0 Å². The highest BCUT2D eigenvalue weighted by atomic mass is 35.5. The van der Waals surface area contributed by atoms with Gasteiger partial charge in [0.1, 0.15) is 29.2 Å². The summed E-state index contributed by atoms with van der Waals surface area (Å²) in [5.41, 5.74) is 16.4. The van der Waals surface area contributed by atoms with E-state index in [0.29, 0.717) is 68.7 Å². The fourth-order valence-corrected chi connectivity index (χ4v) is 6.52. The molecule has 0 radical (unpaired) electrons. The van der Waals surface area contributed by atoms with Crippen molar-refractivity contribution in [2.75, 3.05) is 18.9 Å². The number of carbonyl (C=O) groups excluding carboxylic acids is 2. The van der Waals surface area contributed by atoms with Crippen molar-refractivity contribution in [3.8, 4) is 22.8 Å². The number of anilines is 1. The Morgan fingerprint density at radius 2 is 1.96 bits per heavy atom. The van der Waals surface area contributed by atoms with E-state index in [1.54, 1.807) is 31.5 Å². The predicted molar refractivity (Wildman–Crippen MR) is 182 cm³/mol. The fourth-order valence-electron chi connectivity index (χ4n) is 6.10. The van der Waals surface area contributed by atoms with Gasteiger partial charge in [-0.05, 0) is 81.5 Å². The summed E-state index contributed by atoms with van der Waals surface area (Å²) in [7, 11) is 0. The second kappa shape index (κ2) is 12.1. The van der Waals surface area contributed by atoms with Gasteiger partial charge < -0.3 is 26.3 Å². The zero-order valence-corrected chi connectivity index (χ0v) is 27.8. The minimum atomic E-state index is -1.04. The molecular weight excluding hydrogens is 616 g/mol. The number of benzene rings is 1. The maximum Gasteiger partial charge on any atom is 0.251 e. The Bertz CT molecular complexity index is 1780. The number of rotatable bonds is 12. The largest absolute Gasteiger partial charge is 0.489 e. The zero-order chi connectivity index (χ0) is 33.0. The lowest BCUT2D eigenvalue weighted by atomic mass is 9.82. The summed E-state index contributed by atoms with van der Waals surface area (Å²) in [6.45, 7) is 6.31. The van der Waals surface area contributed by atoms with Gasteiger partial charge in [0.2, 0.25) is 5.91 Å². The Balaban J connectivity index is 1.23. The summed E-state index contributed by atoms with van der Waals surface area (Å²) in [6.07, 6.45) is 9.72. The highest BCUT2D eigenvalue weighted by Crippen LogP contribution is 2.49. The number of hydrogen-bond donors (Lipinski definition) is 3. The molecule has 10 nitrogen and oxygen atoms in total. The molecule has 1 aliphatic heterocycles. The molecule has 0 bridgehead atoms. The lowest BCUT2D eigenvalue weighted by Gasteiger charge is -2.23. The number of nitrogens with zero attached hydrogens (tertiary/aromatic N) is 3. The van der Waals surface area contributed by atoms with Crippen LogP contribution in [0.4, 0.5) is 5.69 Å². The van der Waals surface area contributed by atoms with Crippen LogP contribution in [0.15, 0.2) is 35.5 Å². The van der Waals surface area contributed by atoms with Crippen LogP contribution in [0.1, 0.15) is 104 Å². The van der Waals surface area contributed by atoms with Crippen molar-refractivity contribution in [3.63, 3.8) is 0 Å². The van der Waals surface area contributed by atoms with Crippen LogP contribution in [0.5, 0.6) is 11.5 Å². The van der Waals surface area contributed by atoms with Gasteiger partial charge in [0.05, 0.1) is 28.5 Å². The van der Waals surface area contributed by atoms with Crippen LogP contribution in [0, 0.1) is 5.92 Å². The summed E-state index contributed by atoms with van der Waals surface area (Å²) < 4.78 is 12.2. The number of fused-ring (bicyclic) bond motifs is 1. The van der Waals surface area contributed by atoms with E-state index in [2.05, 4.69) is 15.3 Å². The molecule has 0 saturated heterocycles. The average Bonchev–Trinajstić information content (AvgIpc) is 3.90. The smallest absolute Gasteiger partial charge is 0.251 e. The number of carbonyl (C=O) groups is 2. The third-order valence-corrected chi connectivity index (χ3v) is 10.0. The third-order valence-electron chi connectivity index (χ3n) is 9.63. The maximum absolute atomic E-state index is 13.7. The van der Waals surface area contributed by atoms with Crippen LogP contribution >= 0.6 is 11.6 Å². The van der Waals surface area contributed by atoms with Crippen LogP contribution < -0.4 is 26.3 Å². The number of pyridine rings is 2. The standard InChI is InChI=1S/C36H41ClN6O4/c1-18(2)31-29(37)24(10-11-40-31)32-33-26(36(3,17-46-33)35(39)45)14-27(43-32)25(19-4-5-19)16-42-34(44)20-12-21(15-41-22-6-7-22)30(38)28(13-20)47-23-8-9-23/h10-15,18-19,22-23,25H,4-9,16-17,38H2,1-3H3,(H2,39,45)(H,42,44)/t25-,36-/m0/s1. The Morgan fingerprint density at radius 3 is 2.62 bits per heavy atom. The first-order chi connectivity index (χ1) is 22.5. The molecule has 3 aliphatic carbocycles. The molecule has 0 spiro atoms. The number of nitrogens with one attached hydrogen (secondary N) is 1. The predicted octanol–water partition coefficient (Wildman–Crippen LogP) is 5.68. The first-order valence-electron chi connectivity index (χ1n) is 16.6. The second-order valence-corrected chi connectivity index (χ2v) is 14.3. The number of hydrogen-bond acceptors (Lipinski definition) is 8. The van der Waals surface area contributed by atoms with Crippen LogP contribution in [0.25, 0.3) is 11.3 Å². The van der Waals surface area contributed by atoms with Crippen molar-refractivity contribution in [1.82, 2.24) is 15.3 Å². The molecule has 246 valence electrons. The summed E-state index contributed by atoms with van der Waals surface area (Å²) in [5, 5.41) is 3.66. The average molecular weight is 657 g/mol. The number of primary amides is 1. The van der Waals surface area contributed by atoms with Crippen molar-refractivity contribution in [2.24, 2.45) is 16.6 Å². The number of aliphatic imine (C=N–C) groups is 1. The van der Waals surface area contributed by atoms with Gasteiger partial charge in [0.25, 0.3) is 5.91 Å². The molecule has 2 amide bonds. The van der Waals surface area contributed by atoms with Gasteiger partial charge in [-0.1, -0.05) is 25.4 Å². The molecule has 47 heavy (non-hydrogen) atoms. The maximum atomic E-state index is 13.7. The van der Waals surface area contributed by atoms with Crippen LogP contribution in [-0.4, -0.2) is 53.3 Å². The number of halogens is 1. The van der Waals surface area contributed by atoms with Gasteiger partial charge in [-0.25, -0.2) is 4.98 Å². The van der Waals surface area contributed by atoms with Gasteiger partial charge in [-0.3, -0.25) is 19.6 Å². The van der Waals surface area contributed by atoms with E-state index in [9.17, 15) is 9.59 Å². The topological polar surface area (TPSA) is 155 Å². The molecule has 7 rings (SSSR count).